The number of hydrogen-bond acceptors (Lipinski definition) is 3. The van der Waals surface area contributed by atoms with Crippen LogP contribution in [0.4, 0.5) is 0 Å². The molecule has 1 aromatic rings. The van der Waals surface area contributed by atoms with E-state index in [2.05, 4.69) is 94.9 Å². The highest BCUT2D eigenvalue weighted by atomic mass is 31.2. The molecule has 0 amide bonds. The van der Waals surface area contributed by atoms with E-state index in [4.69, 9.17) is 13.4 Å². The molecule has 1 N–H and O–H groups in total. The van der Waals surface area contributed by atoms with Crippen molar-refractivity contribution in [1.82, 2.24) is 4.75 Å². The zero-order valence-electron chi connectivity index (χ0n) is 18.2. The molecule has 0 aromatic heterocycles. The first-order valence-electron chi connectivity index (χ1n) is 9.55. The Morgan fingerprint density at radius 2 is 1.62 bits per heavy atom. The van der Waals surface area contributed by atoms with Crippen LogP contribution in [0, 0.1) is 0 Å². The van der Waals surface area contributed by atoms with E-state index < -0.39 is 37.6 Å². The molecule has 26 heavy (non-hydrogen) atoms. The first-order chi connectivity index (χ1) is 11.6. The molecule has 4 nitrogen and oxygen atoms in total. The van der Waals surface area contributed by atoms with Crippen molar-refractivity contribution in [3.05, 3.63) is 29.8 Å². The Labute approximate surface area is 163 Å². The monoisotopic (exact) mass is 428 g/mol. The van der Waals surface area contributed by atoms with E-state index in [0.29, 0.717) is 0 Å². The lowest BCUT2D eigenvalue weighted by molar-refractivity contribution is 0.144. The molecule has 0 fully saturated rings. The van der Waals surface area contributed by atoms with Gasteiger partial charge in [-0.05, 0) is 51.8 Å². The summed E-state index contributed by atoms with van der Waals surface area (Å²) in [6.07, 6.45) is 0.869. The summed E-state index contributed by atoms with van der Waals surface area (Å²) >= 11 is 0. The van der Waals surface area contributed by atoms with Gasteiger partial charge in [-0.25, -0.2) is 0 Å². The average Bonchev–Trinajstić information content (AvgIpc) is 2.63. The van der Waals surface area contributed by atoms with E-state index in [0.717, 1.165) is 12.2 Å². The summed E-state index contributed by atoms with van der Waals surface area (Å²) < 4.78 is 23.3. The Morgan fingerprint density at radius 1 is 1.04 bits per heavy atom. The first kappa shape index (κ1) is 22.1. The van der Waals surface area contributed by atoms with Crippen molar-refractivity contribution in [2.75, 3.05) is 0 Å². The highest BCUT2D eigenvalue weighted by Crippen LogP contribution is 2.73. The molecule has 2 atom stereocenters. The Morgan fingerprint density at radius 3 is 2.08 bits per heavy atom. The quantitative estimate of drug-likeness (QED) is 0.401. The van der Waals surface area contributed by atoms with Crippen molar-refractivity contribution in [1.29, 1.82) is 0 Å². The lowest BCUT2D eigenvalue weighted by Crippen LogP contribution is -2.48. The zero-order chi connectivity index (χ0) is 20.0. The number of para-hydroxylation sites is 1. The Bertz CT molecular complexity index is 720. The maximum atomic E-state index is 7.02. The lowest BCUT2D eigenvalue weighted by Gasteiger charge is -2.45. The van der Waals surface area contributed by atoms with Crippen LogP contribution >= 0.6 is 7.43 Å². The molecular formula is C18H37N2O2PSi3. The van der Waals surface area contributed by atoms with Crippen LogP contribution in [0.2, 0.25) is 58.9 Å². The topological polar surface area (TPSA) is 42.9 Å². The molecule has 2 rings (SSSR count). The molecule has 1 aromatic carbocycles. The normalized spacial score (nSPS) is 26.4. The van der Waals surface area contributed by atoms with Gasteiger partial charge in [-0.1, -0.05) is 44.8 Å². The molecule has 0 aliphatic carbocycles. The van der Waals surface area contributed by atoms with E-state index >= 15 is 0 Å². The van der Waals surface area contributed by atoms with Crippen LogP contribution in [-0.2, 0) is 9.77 Å². The van der Waals surface area contributed by atoms with Crippen molar-refractivity contribution >= 4 is 32.2 Å². The van der Waals surface area contributed by atoms with Gasteiger partial charge in [-0.3, -0.25) is 9.16 Å². The van der Waals surface area contributed by atoms with Gasteiger partial charge in [0.1, 0.15) is 14.0 Å². The minimum Gasteiger partial charge on any atom is -0.445 e. The number of hydrogen-bond donors (Lipinski definition) is 1. The minimum absolute atomic E-state index is 0.478. The van der Waals surface area contributed by atoms with Crippen molar-refractivity contribution in [3.63, 3.8) is 0 Å². The van der Waals surface area contributed by atoms with Gasteiger partial charge in [0, 0.05) is 5.56 Å². The highest BCUT2D eigenvalue weighted by Gasteiger charge is 2.58. The summed E-state index contributed by atoms with van der Waals surface area (Å²) in [6.45, 7) is 22.9. The largest absolute Gasteiger partial charge is 0.445 e. The molecule has 0 saturated carbocycles. The number of benzene rings is 1. The van der Waals surface area contributed by atoms with Crippen LogP contribution in [0.3, 0.4) is 0 Å². The predicted octanol–water partition coefficient (Wildman–Crippen LogP) is 6.78. The van der Waals surface area contributed by atoms with Gasteiger partial charge in [-0.2, -0.15) is 0 Å². The molecule has 0 saturated heterocycles. The summed E-state index contributed by atoms with van der Waals surface area (Å²) in [5, 5.41) is -0.478. The van der Waals surface area contributed by atoms with Crippen molar-refractivity contribution in [3.8, 4) is 5.75 Å². The van der Waals surface area contributed by atoms with Gasteiger partial charge in [-0.15, -0.1) is 0 Å². The van der Waals surface area contributed by atoms with E-state index in [1.807, 2.05) is 0 Å². The highest BCUT2D eigenvalue weighted by molar-refractivity contribution is 7.64. The number of nitrogens with zero attached hydrogens (tertiary/aromatic N) is 1. The van der Waals surface area contributed by atoms with Crippen LogP contribution in [0.1, 0.15) is 18.9 Å². The van der Waals surface area contributed by atoms with Gasteiger partial charge in [0.15, 0.2) is 21.9 Å². The fourth-order valence-electron chi connectivity index (χ4n) is 3.47. The fraction of sp³-hybridized carbons (Fsp3) is 0.667. The first-order valence-corrected chi connectivity index (χ1v) is 21.6. The third-order valence-electron chi connectivity index (χ3n) is 3.91. The summed E-state index contributed by atoms with van der Waals surface area (Å²) in [6, 6.07) is 8.42. The molecule has 1 aliphatic rings. The minimum atomic E-state index is -2.40. The van der Waals surface area contributed by atoms with Gasteiger partial charge in [0.25, 0.3) is 0 Å². The van der Waals surface area contributed by atoms with Gasteiger partial charge in [0.05, 0.1) is 0 Å². The summed E-state index contributed by atoms with van der Waals surface area (Å²) in [7, 11) is -7.69. The lowest BCUT2D eigenvalue weighted by atomic mass is 10.1. The molecule has 148 valence electrons. The van der Waals surface area contributed by atoms with E-state index in [1.54, 1.807) is 0 Å². The van der Waals surface area contributed by atoms with Crippen LogP contribution in [0.15, 0.2) is 28.7 Å². The van der Waals surface area contributed by atoms with Gasteiger partial charge < -0.3 is 8.95 Å². The predicted molar refractivity (Wildman–Crippen MR) is 123 cm³/mol. The molecule has 0 radical (unpaired) electrons. The second kappa shape index (κ2) is 7.01. The number of fused-ring (bicyclic) bond motifs is 1. The Hall–Kier alpha value is -0.179. The van der Waals surface area contributed by atoms with E-state index in [9.17, 15) is 0 Å². The van der Waals surface area contributed by atoms with E-state index in [1.165, 1.54) is 5.56 Å². The van der Waals surface area contributed by atoms with Crippen molar-refractivity contribution in [2.45, 2.75) is 77.6 Å². The van der Waals surface area contributed by atoms with Crippen molar-refractivity contribution in [2.24, 2.45) is 4.41 Å². The molecule has 2 unspecified atom stereocenters. The molecule has 0 bridgehead atoms. The van der Waals surface area contributed by atoms with Crippen LogP contribution in [-0.4, -0.2) is 24.8 Å². The van der Waals surface area contributed by atoms with Crippen LogP contribution in [0.25, 0.3) is 0 Å². The summed E-state index contributed by atoms with van der Waals surface area (Å²) in [5.41, 5.74) is 1.19. The molecular weight excluding hydrogens is 391 g/mol. The van der Waals surface area contributed by atoms with Crippen molar-refractivity contribution < 1.29 is 8.95 Å². The Balaban J connectivity index is 2.86. The molecule has 1 heterocycles. The SMILES string of the molecule is CCC1(O[Si](C)(C)C)c2ccccc2OP1(=N[Si](C)(C)C)N[Si](C)(C)C. The van der Waals surface area contributed by atoms with E-state index in [-0.39, 0.29) is 0 Å². The van der Waals surface area contributed by atoms with Crippen LogP contribution < -0.4 is 9.28 Å². The standard InChI is InChI=1S/C18H37N2O2PSi3/c1-11-18(22-26(8,9)10)16-14-12-13-15-17(16)21-23(18,19-24(2,3)4)20-25(5,6)7/h12-15,19H,11H2,1-10H3. The molecule has 1 aliphatic heterocycles. The Kier molecular flexibility index (Phi) is 5.96. The maximum Gasteiger partial charge on any atom is 0.220 e. The van der Waals surface area contributed by atoms with Crippen LogP contribution in [0.5, 0.6) is 5.75 Å². The van der Waals surface area contributed by atoms with Gasteiger partial charge >= 0.3 is 0 Å². The second-order valence-electron chi connectivity index (χ2n) is 10.1. The molecule has 0 spiro atoms. The number of nitrogens with one attached hydrogen (secondary N) is 1. The number of rotatable bonds is 6. The summed E-state index contributed by atoms with van der Waals surface area (Å²) in [4.78, 5) is 0. The third kappa shape index (κ3) is 4.62. The van der Waals surface area contributed by atoms with Gasteiger partial charge in [0.2, 0.25) is 7.43 Å². The summed E-state index contributed by atoms with van der Waals surface area (Å²) in [5.74, 6) is 0.952. The maximum absolute atomic E-state index is 7.02. The molecule has 8 heteroatoms. The zero-order valence-corrected chi connectivity index (χ0v) is 22.1. The average molecular weight is 429 g/mol. The second-order valence-corrected chi connectivity index (χ2v) is 27.2. The fourth-order valence-corrected chi connectivity index (χ4v) is 17.0. The smallest absolute Gasteiger partial charge is 0.220 e. The third-order valence-corrected chi connectivity index (χ3v) is 14.6.